The fraction of sp³-hybridized carbons (Fsp3) is 0.500. The van der Waals surface area contributed by atoms with Crippen LogP contribution in [0.25, 0.3) is 0 Å². The van der Waals surface area contributed by atoms with Crippen molar-refractivity contribution >= 4 is 15.7 Å². The van der Waals surface area contributed by atoms with Crippen LogP contribution in [-0.2, 0) is 10.0 Å². The van der Waals surface area contributed by atoms with Gasteiger partial charge in [-0.3, -0.25) is 0 Å². The SMILES string of the molecule is CCCNc1ccccc1S(=O)(=O)NCCC. The maximum absolute atomic E-state index is 12.0. The van der Waals surface area contributed by atoms with Crippen LogP contribution in [0.1, 0.15) is 26.7 Å². The fourth-order valence-electron chi connectivity index (χ4n) is 1.42. The fourth-order valence-corrected chi connectivity index (χ4v) is 2.74. The second-order valence-electron chi connectivity index (χ2n) is 3.82. The quantitative estimate of drug-likeness (QED) is 0.786. The molecule has 1 aromatic carbocycles. The first-order chi connectivity index (χ1) is 8.11. The van der Waals surface area contributed by atoms with Gasteiger partial charge in [0.2, 0.25) is 10.0 Å². The first-order valence-electron chi connectivity index (χ1n) is 5.94. The summed E-state index contributed by atoms with van der Waals surface area (Å²) in [6.45, 7) is 5.20. The molecule has 0 heterocycles. The van der Waals surface area contributed by atoms with Gasteiger partial charge in [0.15, 0.2) is 0 Å². The molecule has 0 bridgehead atoms. The van der Waals surface area contributed by atoms with Crippen molar-refractivity contribution < 1.29 is 8.42 Å². The molecule has 0 aliphatic heterocycles. The second-order valence-corrected chi connectivity index (χ2v) is 5.56. The van der Waals surface area contributed by atoms with E-state index in [9.17, 15) is 8.42 Å². The lowest BCUT2D eigenvalue weighted by molar-refractivity contribution is 0.581. The zero-order valence-electron chi connectivity index (χ0n) is 10.4. The Kier molecular flexibility index (Phi) is 5.44. The van der Waals surface area contributed by atoms with E-state index >= 15 is 0 Å². The maximum atomic E-state index is 12.0. The Balaban J connectivity index is 2.95. The van der Waals surface area contributed by atoms with E-state index in [1.54, 1.807) is 18.2 Å². The summed E-state index contributed by atoms with van der Waals surface area (Å²) < 4.78 is 26.6. The first kappa shape index (κ1) is 14.0. The van der Waals surface area contributed by atoms with Crippen LogP contribution in [0.2, 0.25) is 0 Å². The summed E-state index contributed by atoms with van der Waals surface area (Å²) in [5, 5.41) is 3.13. The Morgan fingerprint density at radius 3 is 2.35 bits per heavy atom. The molecule has 0 spiro atoms. The molecule has 0 saturated heterocycles. The molecular weight excluding hydrogens is 236 g/mol. The lowest BCUT2D eigenvalue weighted by atomic mass is 10.3. The van der Waals surface area contributed by atoms with E-state index in [4.69, 9.17) is 0 Å². The van der Waals surface area contributed by atoms with Crippen molar-refractivity contribution in [3.8, 4) is 0 Å². The summed E-state index contributed by atoms with van der Waals surface area (Å²) in [5.74, 6) is 0. The standard InChI is InChI=1S/C12H20N2O2S/c1-3-9-13-11-7-5-6-8-12(11)17(15,16)14-10-4-2/h5-8,13-14H,3-4,9-10H2,1-2H3. The van der Waals surface area contributed by atoms with Crippen LogP contribution in [0.15, 0.2) is 29.2 Å². The summed E-state index contributed by atoms with van der Waals surface area (Å²) in [4.78, 5) is 0.321. The molecule has 5 heteroatoms. The lowest BCUT2D eigenvalue weighted by Gasteiger charge is -2.12. The Labute approximate surface area is 103 Å². The van der Waals surface area contributed by atoms with Gasteiger partial charge in [0, 0.05) is 13.1 Å². The molecular formula is C12H20N2O2S. The van der Waals surface area contributed by atoms with Crippen molar-refractivity contribution in [2.24, 2.45) is 0 Å². The molecule has 2 N–H and O–H groups in total. The largest absolute Gasteiger partial charge is 0.384 e. The van der Waals surface area contributed by atoms with E-state index in [2.05, 4.69) is 10.0 Å². The zero-order chi connectivity index (χ0) is 12.7. The smallest absolute Gasteiger partial charge is 0.242 e. The molecule has 1 rings (SSSR count). The number of para-hydroxylation sites is 1. The number of hydrogen-bond acceptors (Lipinski definition) is 3. The molecule has 0 saturated carbocycles. The van der Waals surface area contributed by atoms with Crippen molar-refractivity contribution in [1.82, 2.24) is 4.72 Å². The van der Waals surface area contributed by atoms with Gasteiger partial charge in [-0.05, 0) is 25.0 Å². The number of nitrogens with one attached hydrogen (secondary N) is 2. The second kappa shape index (κ2) is 6.61. The number of sulfonamides is 1. The Hall–Kier alpha value is -1.07. The molecule has 0 aromatic heterocycles. The van der Waals surface area contributed by atoms with Gasteiger partial charge in [0.1, 0.15) is 4.90 Å². The van der Waals surface area contributed by atoms with Crippen molar-refractivity contribution in [3.05, 3.63) is 24.3 Å². The van der Waals surface area contributed by atoms with Crippen LogP contribution in [0, 0.1) is 0 Å². The predicted molar refractivity (Wildman–Crippen MR) is 70.7 cm³/mol. The zero-order valence-corrected chi connectivity index (χ0v) is 11.2. The van der Waals surface area contributed by atoms with Crippen molar-refractivity contribution in [2.75, 3.05) is 18.4 Å². The summed E-state index contributed by atoms with van der Waals surface area (Å²) in [7, 11) is -3.40. The predicted octanol–water partition coefficient (Wildman–Crippen LogP) is 2.20. The molecule has 96 valence electrons. The van der Waals surface area contributed by atoms with Gasteiger partial charge >= 0.3 is 0 Å². The summed E-state index contributed by atoms with van der Waals surface area (Å²) in [6.07, 6.45) is 1.74. The Morgan fingerprint density at radius 2 is 1.71 bits per heavy atom. The third-order valence-corrected chi connectivity index (χ3v) is 3.80. The highest BCUT2D eigenvalue weighted by molar-refractivity contribution is 7.89. The molecule has 0 radical (unpaired) electrons. The molecule has 0 amide bonds. The molecule has 0 unspecified atom stereocenters. The summed E-state index contributed by atoms with van der Waals surface area (Å²) in [6, 6.07) is 6.97. The molecule has 0 atom stereocenters. The van der Waals surface area contributed by atoms with Crippen LogP contribution in [0.4, 0.5) is 5.69 Å². The normalized spacial score (nSPS) is 11.4. The van der Waals surface area contributed by atoms with Crippen LogP contribution in [0.3, 0.4) is 0 Å². The third kappa shape index (κ3) is 4.02. The maximum Gasteiger partial charge on any atom is 0.242 e. The van der Waals surface area contributed by atoms with Crippen molar-refractivity contribution in [1.29, 1.82) is 0 Å². The summed E-state index contributed by atoms with van der Waals surface area (Å²) in [5.41, 5.74) is 0.665. The average molecular weight is 256 g/mol. The Morgan fingerprint density at radius 1 is 1.06 bits per heavy atom. The topological polar surface area (TPSA) is 58.2 Å². The number of hydrogen-bond donors (Lipinski definition) is 2. The first-order valence-corrected chi connectivity index (χ1v) is 7.42. The minimum absolute atomic E-state index is 0.321. The van der Waals surface area contributed by atoms with Gasteiger partial charge in [-0.1, -0.05) is 26.0 Å². The van der Waals surface area contributed by atoms with Crippen LogP contribution in [0.5, 0.6) is 0 Å². The molecule has 17 heavy (non-hydrogen) atoms. The van der Waals surface area contributed by atoms with E-state index in [-0.39, 0.29) is 0 Å². The number of anilines is 1. The lowest BCUT2D eigenvalue weighted by Crippen LogP contribution is -2.25. The molecule has 0 aliphatic carbocycles. The minimum Gasteiger partial charge on any atom is -0.384 e. The van der Waals surface area contributed by atoms with Gasteiger partial charge in [-0.25, -0.2) is 13.1 Å². The molecule has 0 fully saturated rings. The molecule has 0 aliphatic rings. The Bertz CT molecular complexity index is 444. The van der Waals surface area contributed by atoms with Gasteiger partial charge in [-0.15, -0.1) is 0 Å². The van der Waals surface area contributed by atoms with E-state index in [1.807, 2.05) is 19.9 Å². The molecule has 1 aromatic rings. The average Bonchev–Trinajstić information content (AvgIpc) is 2.34. The molecule has 4 nitrogen and oxygen atoms in total. The third-order valence-electron chi connectivity index (χ3n) is 2.28. The van der Waals surface area contributed by atoms with Crippen molar-refractivity contribution in [3.63, 3.8) is 0 Å². The van der Waals surface area contributed by atoms with Crippen LogP contribution < -0.4 is 10.0 Å². The van der Waals surface area contributed by atoms with Gasteiger partial charge in [0.05, 0.1) is 5.69 Å². The van der Waals surface area contributed by atoms with E-state index in [0.717, 1.165) is 19.4 Å². The van der Waals surface area contributed by atoms with E-state index < -0.39 is 10.0 Å². The van der Waals surface area contributed by atoms with Crippen LogP contribution >= 0.6 is 0 Å². The highest BCUT2D eigenvalue weighted by Gasteiger charge is 2.16. The van der Waals surface area contributed by atoms with Crippen molar-refractivity contribution in [2.45, 2.75) is 31.6 Å². The van der Waals surface area contributed by atoms with Gasteiger partial charge in [0.25, 0.3) is 0 Å². The van der Waals surface area contributed by atoms with E-state index in [0.29, 0.717) is 17.1 Å². The van der Waals surface area contributed by atoms with Gasteiger partial charge in [-0.2, -0.15) is 0 Å². The van der Waals surface area contributed by atoms with Crippen LogP contribution in [-0.4, -0.2) is 21.5 Å². The highest BCUT2D eigenvalue weighted by atomic mass is 32.2. The minimum atomic E-state index is -3.40. The van der Waals surface area contributed by atoms with E-state index in [1.165, 1.54) is 0 Å². The summed E-state index contributed by atoms with van der Waals surface area (Å²) >= 11 is 0. The number of benzene rings is 1. The number of rotatable bonds is 7. The monoisotopic (exact) mass is 256 g/mol. The van der Waals surface area contributed by atoms with Gasteiger partial charge < -0.3 is 5.32 Å². The highest BCUT2D eigenvalue weighted by Crippen LogP contribution is 2.20.